The highest BCUT2D eigenvalue weighted by molar-refractivity contribution is 5.81. The minimum atomic E-state index is -1.11. The largest absolute Gasteiger partial charge is 0.467 e. The fourth-order valence-corrected chi connectivity index (χ4v) is 1.96. The van der Waals surface area contributed by atoms with Crippen molar-refractivity contribution < 1.29 is 14.6 Å². The highest BCUT2D eigenvalue weighted by Gasteiger charge is 2.18. The van der Waals surface area contributed by atoms with Gasteiger partial charge in [0, 0.05) is 24.7 Å². The van der Waals surface area contributed by atoms with Crippen LogP contribution in [-0.2, 0) is 23.0 Å². The number of benzene rings is 1. The number of aryl methyl sites for hydroxylation is 1. The molecule has 0 aliphatic carbocycles. The van der Waals surface area contributed by atoms with Crippen LogP contribution in [0.5, 0.6) is 0 Å². The molecule has 0 aliphatic rings. The van der Waals surface area contributed by atoms with Crippen LogP contribution in [-0.4, -0.2) is 28.9 Å². The minimum absolute atomic E-state index is 0.262. The van der Waals surface area contributed by atoms with Crippen molar-refractivity contribution in [3.05, 3.63) is 36.0 Å². The quantitative estimate of drug-likeness (QED) is 0.812. The molecule has 0 saturated heterocycles. The van der Waals surface area contributed by atoms with Crippen molar-refractivity contribution in [1.82, 2.24) is 4.57 Å². The predicted octanol–water partition coefficient (Wildman–Crippen LogP) is 1.25. The van der Waals surface area contributed by atoms with Crippen LogP contribution in [0.15, 0.2) is 30.3 Å². The average Bonchev–Trinajstić information content (AvgIpc) is 2.66. The van der Waals surface area contributed by atoms with Crippen molar-refractivity contribution in [1.29, 1.82) is 0 Å². The fourth-order valence-electron chi connectivity index (χ4n) is 1.96. The number of fused-ring (bicyclic) bond motifs is 1. The summed E-state index contributed by atoms with van der Waals surface area (Å²) < 4.78 is 6.47. The number of carbonyl (C=O) groups is 1. The molecule has 0 aliphatic heterocycles. The average molecular weight is 233 g/mol. The number of esters is 1. The lowest BCUT2D eigenvalue weighted by molar-refractivity contribution is -0.150. The smallest absolute Gasteiger partial charge is 0.335 e. The third kappa shape index (κ3) is 2.17. The van der Waals surface area contributed by atoms with E-state index in [9.17, 15) is 9.90 Å². The Hall–Kier alpha value is -1.81. The monoisotopic (exact) mass is 233 g/mol. The van der Waals surface area contributed by atoms with Gasteiger partial charge in [-0.25, -0.2) is 4.79 Å². The lowest BCUT2D eigenvalue weighted by atomic mass is 10.2. The Morgan fingerprint density at radius 2 is 2.18 bits per heavy atom. The van der Waals surface area contributed by atoms with E-state index in [1.807, 2.05) is 41.9 Å². The SMILES string of the molecule is COC(=O)C(O)Cc1cc2ccccc2n1C. The van der Waals surface area contributed by atoms with Crippen LogP contribution in [0.25, 0.3) is 10.9 Å². The Morgan fingerprint density at radius 1 is 1.47 bits per heavy atom. The second-order valence-corrected chi connectivity index (χ2v) is 4.00. The van der Waals surface area contributed by atoms with Gasteiger partial charge < -0.3 is 14.4 Å². The Bertz CT molecular complexity index is 545. The van der Waals surface area contributed by atoms with Gasteiger partial charge in [-0.1, -0.05) is 18.2 Å². The molecule has 4 heteroatoms. The first-order valence-electron chi connectivity index (χ1n) is 5.42. The van der Waals surface area contributed by atoms with E-state index in [0.29, 0.717) is 0 Å². The van der Waals surface area contributed by atoms with Crippen LogP contribution in [0.1, 0.15) is 5.69 Å². The molecular formula is C13H15NO3. The first kappa shape index (κ1) is 11.7. The fraction of sp³-hybridized carbons (Fsp3) is 0.308. The highest BCUT2D eigenvalue weighted by atomic mass is 16.5. The summed E-state index contributed by atoms with van der Waals surface area (Å²) in [6.45, 7) is 0. The Kier molecular flexibility index (Phi) is 3.15. The standard InChI is InChI=1S/C13H15NO3/c1-14-10(8-12(15)13(16)17-2)7-9-5-3-4-6-11(9)14/h3-7,12,15H,8H2,1-2H3. The highest BCUT2D eigenvalue weighted by Crippen LogP contribution is 2.19. The summed E-state index contributed by atoms with van der Waals surface area (Å²) in [6.07, 6.45) is -0.847. The topological polar surface area (TPSA) is 51.5 Å². The molecule has 1 N–H and O–H groups in total. The van der Waals surface area contributed by atoms with Gasteiger partial charge in [0.2, 0.25) is 0 Å². The molecule has 1 heterocycles. The van der Waals surface area contributed by atoms with E-state index in [-0.39, 0.29) is 6.42 Å². The Balaban J connectivity index is 2.30. The number of aromatic nitrogens is 1. The van der Waals surface area contributed by atoms with Crippen molar-refractivity contribution in [2.24, 2.45) is 7.05 Å². The second kappa shape index (κ2) is 4.59. The first-order chi connectivity index (χ1) is 8.13. The molecule has 2 rings (SSSR count). The van der Waals surface area contributed by atoms with Crippen molar-refractivity contribution in [2.45, 2.75) is 12.5 Å². The van der Waals surface area contributed by atoms with Crippen LogP contribution in [0.2, 0.25) is 0 Å². The second-order valence-electron chi connectivity index (χ2n) is 4.00. The Labute approximate surface area is 99.4 Å². The van der Waals surface area contributed by atoms with E-state index in [0.717, 1.165) is 16.6 Å². The molecule has 4 nitrogen and oxygen atoms in total. The van der Waals surface area contributed by atoms with Gasteiger partial charge in [-0.15, -0.1) is 0 Å². The number of para-hydroxylation sites is 1. The zero-order valence-electron chi connectivity index (χ0n) is 9.88. The molecule has 0 radical (unpaired) electrons. The minimum Gasteiger partial charge on any atom is -0.467 e. The number of hydrogen-bond donors (Lipinski definition) is 1. The van der Waals surface area contributed by atoms with Crippen molar-refractivity contribution in [3.63, 3.8) is 0 Å². The van der Waals surface area contributed by atoms with Gasteiger partial charge >= 0.3 is 5.97 Å². The zero-order valence-corrected chi connectivity index (χ0v) is 9.88. The normalized spacial score (nSPS) is 12.6. The summed E-state index contributed by atoms with van der Waals surface area (Å²) in [4.78, 5) is 11.2. The van der Waals surface area contributed by atoms with Gasteiger partial charge in [0.25, 0.3) is 0 Å². The van der Waals surface area contributed by atoms with E-state index in [1.165, 1.54) is 7.11 Å². The van der Waals surface area contributed by atoms with Gasteiger partial charge in [0.1, 0.15) is 0 Å². The van der Waals surface area contributed by atoms with Crippen LogP contribution >= 0.6 is 0 Å². The number of ether oxygens (including phenoxy) is 1. The summed E-state index contributed by atoms with van der Waals surface area (Å²) in [5, 5.41) is 10.7. The number of hydrogen-bond acceptors (Lipinski definition) is 3. The molecule has 0 saturated carbocycles. The van der Waals surface area contributed by atoms with E-state index >= 15 is 0 Å². The number of aliphatic hydroxyl groups is 1. The summed E-state index contributed by atoms with van der Waals surface area (Å²) in [5.41, 5.74) is 1.99. The molecule has 0 amide bonds. The molecule has 17 heavy (non-hydrogen) atoms. The van der Waals surface area contributed by atoms with Crippen molar-refractivity contribution in [2.75, 3.05) is 7.11 Å². The van der Waals surface area contributed by atoms with Gasteiger partial charge in [0.15, 0.2) is 6.10 Å². The zero-order chi connectivity index (χ0) is 12.4. The van der Waals surface area contributed by atoms with Gasteiger partial charge in [-0.05, 0) is 17.5 Å². The van der Waals surface area contributed by atoms with Crippen LogP contribution < -0.4 is 0 Å². The summed E-state index contributed by atoms with van der Waals surface area (Å²) in [6, 6.07) is 9.90. The molecular weight excluding hydrogens is 218 g/mol. The molecule has 1 atom stereocenters. The third-order valence-electron chi connectivity index (χ3n) is 2.93. The molecule has 0 spiro atoms. The summed E-state index contributed by atoms with van der Waals surface area (Å²) in [5.74, 6) is -0.602. The molecule has 0 fully saturated rings. The lowest BCUT2D eigenvalue weighted by Gasteiger charge is -2.09. The van der Waals surface area contributed by atoms with Crippen molar-refractivity contribution in [3.8, 4) is 0 Å². The molecule has 0 bridgehead atoms. The number of aliphatic hydroxyl groups excluding tert-OH is 1. The molecule has 2 aromatic rings. The van der Waals surface area contributed by atoms with Crippen LogP contribution in [0.4, 0.5) is 0 Å². The maximum absolute atomic E-state index is 11.2. The summed E-state index contributed by atoms with van der Waals surface area (Å²) in [7, 11) is 3.19. The van der Waals surface area contributed by atoms with E-state index in [2.05, 4.69) is 4.74 Å². The molecule has 1 unspecified atom stereocenters. The van der Waals surface area contributed by atoms with E-state index in [4.69, 9.17) is 0 Å². The van der Waals surface area contributed by atoms with Gasteiger partial charge in [-0.2, -0.15) is 0 Å². The number of rotatable bonds is 3. The van der Waals surface area contributed by atoms with Crippen LogP contribution in [0, 0.1) is 0 Å². The lowest BCUT2D eigenvalue weighted by Crippen LogP contribution is -2.25. The maximum atomic E-state index is 11.2. The molecule has 1 aromatic heterocycles. The predicted molar refractivity (Wildman–Crippen MR) is 64.6 cm³/mol. The number of carbonyl (C=O) groups excluding carboxylic acids is 1. The van der Waals surface area contributed by atoms with E-state index in [1.54, 1.807) is 0 Å². The summed E-state index contributed by atoms with van der Waals surface area (Å²) >= 11 is 0. The number of methoxy groups -OCH3 is 1. The van der Waals surface area contributed by atoms with Gasteiger partial charge in [0.05, 0.1) is 7.11 Å². The van der Waals surface area contributed by atoms with E-state index < -0.39 is 12.1 Å². The first-order valence-corrected chi connectivity index (χ1v) is 5.42. The number of nitrogens with zero attached hydrogens (tertiary/aromatic N) is 1. The maximum Gasteiger partial charge on any atom is 0.335 e. The Morgan fingerprint density at radius 3 is 2.82 bits per heavy atom. The van der Waals surface area contributed by atoms with Crippen molar-refractivity contribution >= 4 is 16.9 Å². The van der Waals surface area contributed by atoms with Crippen LogP contribution in [0.3, 0.4) is 0 Å². The molecule has 1 aromatic carbocycles. The van der Waals surface area contributed by atoms with Gasteiger partial charge in [-0.3, -0.25) is 0 Å². The third-order valence-corrected chi connectivity index (χ3v) is 2.93. The molecule has 90 valence electrons.